The van der Waals surface area contributed by atoms with Crippen LogP contribution in [0.3, 0.4) is 0 Å². The molecule has 0 atom stereocenters. The molecule has 0 saturated heterocycles. The van der Waals surface area contributed by atoms with Crippen molar-refractivity contribution in [3.05, 3.63) is 102 Å². The van der Waals surface area contributed by atoms with E-state index in [1.54, 1.807) is 73.8 Å². The van der Waals surface area contributed by atoms with Gasteiger partial charge in [-0.25, -0.2) is 0 Å². The molecule has 1 aliphatic heterocycles. The third kappa shape index (κ3) is 4.95. The van der Waals surface area contributed by atoms with E-state index < -0.39 is 5.91 Å². The molecule has 1 aliphatic rings. The van der Waals surface area contributed by atoms with Gasteiger partial charge in [0.05, 0.1) is 18.4 Å². The quantitative estimate of drug-likeness (QED) is 0.145. The minimum Gasteiger partial charge on any atom is -0.505 e. The summed E-state index contributed by atoms with van der Waals surface area (Å²) in [5.41, 5.74) is 1.97. The number of hydrogen-bond donors (Lipinski definition) is 2. The third-order valence-electron chi connectivity index (χ3n) is 7.55. The molecule has 0 bridgehead atoms. The molecule has 0 unspecified atom stereocenters. The molecule has 0 saturated carbocycles. The number of phenols is 1. The van der Waals surface area contributed by atoms with E-state index in [1.807, 2.05) is 25.1 Å². The van der Waals surface area contributed by atoms with E-state index in [1.165, 1.54) is 4.90 Å². The van der Waals surface area contributed by atoms with Gasteiger partial charge in [-0.2, -0.15) is 0 Å². The molecule has 9 heteroatoms. The Morgan fingerprint density at radius 3 is 2.35 bits per heavy atom. The molecular weight excluding hydrogens is 544 g/mol. The summed E-state index contributed by atoms with van der Waals surface area (Å²) < 4.78 is 5.17. The summed E-state index contributed by atoms with van der Waals surface area (Å²) >= 11 is 0. The number of ether oxygens (including phenoxy) is 1. The van der Waals surface area contributed by atoms with Crippen molar-refractivity contribution in [1.29, 1.82) is 0 Å². The number of unbranched alkanes of at least 4 members (excludes halogenated alkanes) is 1. The summed E-state index contributed by atoms with van der Waals surface area (Å²) in [6, 6.07) is 24.3. The fraction of sp³-hybridized carbons (Fsp3) is 0.147. The van der Waals surface area contributed by atoms with Crippen molar-refractivity contribution in [3.63, 3.8) is 0 Å². The van der Waals surface area contributed by atoms with Crippen molar-refractivity contribution < 1.29 is 24.2 Å². The minimum absolute atomic E-state index is 0.0312. The lowest BCUT2D eigenvalue weighted by Gasteiger charge is -2.27. The number of methoxy groups -OCH3 is 1. The second kappa shape index (κ2) is 11.4. The topological polar surface area (TPSA) is 121 Å². The Bertz CT molecular complexity index is 1930. The maximum Gasteiger partial charge on any atom is 0.261 e. The molecule has 3 amide bonds. The number of hydrogen-bond acceptors (Lipinski definition) is 7. The molecule has 5 aromatic rings. The summed E-state index contributed by atoms with van der Waals surface area (Å²) in [5, 5.41) is 25.4. The van der Waals surface area contributed by atoms with Crippen LogP contribution in [0.15, 0.2) is 95.2 Å². The number of nitrogens with one attached hydrogen (secondary N) is 1. The second-order valence-electron chi connectivity index (χ2n) is 10.2. The molecule has 1 heterocycles. The van der Waals surface area contributed by atoms with Gasteiger partial charge in [-0.05, 0) is 60.3 Å². The van der Waals surface area contributed by atoms with Gasteiger partial charge in [-0.1, -0.05) is 49.7 Å². The van der Waals surface area contributed by atoms with Gasteiger partial charge in [0.15, 0.2) is 5.75 Å². The first-order valence-electron chi connectivity index (χ1n) is 13.9. The number of carbonyl (C=O) groups is 3. The van der Waals surface area contributed by atoms with E-state index >= 15 is 0 Å². The predicted octanol–water partition coefficient (Wildman–Crippen LogP) is 7.77. The van der Waals surface area contributed by atoms with Crippen molar-refractivity contribution in [2.45, 2.75) is 19.8 Å². The zero-order valence-corrected chi connectivity index (χ0v) is 23.6. The van der Waals surface area contributed by atoms with Crippen LogP contribution in [0.1, 0.15) is 50.8 Å². The number of aromatic hydroxyl groups is 1. The summed E-state index contributed by atoms with van der Waals surface area (Å²) in [6.07, 6.45) is 1.59. The summed E-state index contributed by atoms with van der Waals surface area (Å²) in [4.78, 5) is 41.0. The van der Waals surface area contributed by atoms with Crippen LogP contribution in [0.2, 0.25) is 0 Å². The molecule has 0 fully saturated rings. The van der Waals surface area contributed by atoms with Crippen LogP contribution in [-0.2, 0) is 0 Å². The summed E-state index contributed by atoms with van der Waals surface area (Å²) in [5.74, 6) is -0.852. The number of imide groups is 1. The first-order chi connectivity index (χ1) is 20.9. The maximum atomic E-state index is 13.3. The standard InChI is InChI=1S/C34H28N4O5/c1-3-4-18-38-33(41)25-11-7-10-24-28(17-16-26(29(24)25)34(38)42)36-37-30-23-9-6-5-8-20(23)19-27(31(30)39)32(40)35-21-12-14-22(43-2)15-13-21/h5-17,19,39H,3-4,18H2,1-2H3,(H,35,40). The van der Waals surface area contributed by atoms with Crippen LogP contribution in [0.25, 0.3) is 21.5 Å². The SMILES string of the molecule is CCCCN1C(=O)c2cccc3c(N=Nc4c(O)c(C(=O)Nc5ccc(OC)cc5)cc5ccccc45)ccc(c23)C1=O. The molecule has 9 nitrogen and oxygen atoms in total. The highest BCUT2D eigenvalue weighted by Gasteiger charge is 2.33. The zero-order chi connectivity index (χ0) is 30.1. The van der Waals surface area contributed by atoms with Gasteiger partial charge in [0.2, 0.25) is 0 Å². The fourth-order valence-electron chi connectivity index (χ4n) is 5.31. The minimum atomic E-state index is -0.517. The zero-order valence-electron chi connectivity index (χ0n) is 23.6. The number of azo groups is 1. The van der Waals surface area contributed by atoms with Crippen LogP contribution in [0, 0.1) is 0 Å². The monoisotopic (exact) mass is 572 g/mol. The van der Waals surface area contributed by atoms with Crippen LogP contribution >= 0.6 is 0 Å². The van der Waals surface area contributed by atoms with Gasteiger partial charge < -0.3 is 15.2 Å². The number of nitrogens with zero attached hydrogens (tertiary/aromatic N) is 3. The molecule has 0 aliphatic carbocycles. The van der Waals surface area contributed by atoms with E-state index in [4.69, 9.17) is 4.74 Å². The molecule has 214 valence electrons. The van der Waals surface area contributed by atoms with Crippen molar-refractivity contribution in [2.24, 2.45) is 10.2 Å². The van der Waals surface area contributed by atoms with E-state index in [2.05, 4.69) is 15.5 Å². The van der Waals surface area contributed by atoms with Crippen LogP contribution in [0.4, 0.5) is 17.1 Å². The van der Waals surface area contributed by atoms with E-state index in [0.29, 0.717) is 56.3 Å². The first-order valence-corrected chi connectivity index (χ1v) is 13.9. The average molecular weight is 573 g/mol. The molecular formula is C34H28N4O5. The lowest BCUT2D eigenvalue weighted by atomic mass is 9.93. The lowest BCUT2D eigenvalue weighted by Crippen LogP contribution is -2.40. The Balaban J connectivity index is 1.41. The Labute approximate surface area is 247 Å². The molecule has 0 aromatic heterocycles. The Kier molecular flexibility index (Phi) is 7.29. The smallest absolute Gasteiger partial charge is 0.261 e. The van der Waals surface area contributed by atoms with E-state index in [0.717, 1.165) is 12.8 Å². The number of benzene rings is 5. The van der Waals surface area contributed by atoms with Crippen molar-refractivity contribution >= 4 is 56.3 Å². The molecule has 6 rings (SSSR count). The normalized spacial score (nSPS) is 12.8. The van der Waals surface area contributed by atoms with Crippen molar-refractivity contribution in [3.8, 4) is 11.5 Å². The van der Waals surface area contributed by atoms with Crippen LogP contribution < -0.4 is 10.1 Å². The largest absolute Gasteiger partial charge is 0.505 e. The summed E-state index contributed by atoms with van der Waals surface area (Å²) in [6.45, 7) is 2.37. The first kappa shape index (κ1) is 27.6. The maximum absolute atomic E-state index is 13.3. The van der Waals surface area contributed by atoms with Gasteiger partial charge in [-0.3, -0.25) is 19.3 Å². The molecule has 5 aromatic carbocycles. The molecule has 2 N–H and O–H groups in total. The highest BCUT2D eigenvalue weighted by molar-refractivity contribution is 6.26. The predicted molar refractivity (Wildman–Crippen MR) is 165 cm³/mol. The lowest BCUT2D eigenvalue weighted by molar-refractivity contribution is 0.0608. The molecule has 43 heavy (non-hydrogen) atoms. The molecule has 0 spiro atoms. The van der Waals surface area contributed by atoms with E-state index in [-0.39, 0.29) is 28.8 Å². The van der Waals surface area contributed by atoms with Gasteiger partial charge >= 0.3 is 0 Å². The van der Waals surface area contributed by atoms with Gasteiger partial charge in [0.25, 0.3) is 17.7 Å². The Hall–Kier alpha value is -5.57. The Morgan fingerprint density at radius 2 is 1.60 bits per heavy atom. The highest BCUT2D eigenvalue weighted by atomic mass is 16.5. The second-order valence-corrected chi connectivity index (χ2v) is 10.2. The fourth-order valence-corrected chi connectivity index (χ4v) is 5.31. The van der Waals surface area contributed by atoms with Gasteiger partial charge in [-0.15, -0.1) is 10.2 Å². The van der Waals surface area contributed by atoms with Crippen molar-refractivity contribution in [1.82, 2.24) is 4.90 Å². The molecule has 0 radical (unpaired) electrons. The number of rotatable bonds is 8. The van der Waals surface area contributed by atoms with E-state index in [9.17, 15) is 19.5 Å². The number of carbonyl (C=O) groups excluding carboxylic acids is 3. The van der Waals surface area contributed by atoms with Crippen LogP contribution in [-0.4, -0.2) is 41.4 Å². The number of phenolic OH excluding ortho intramolecular Hbond substituents is 1. The summed E-state index contributed by atoms with van der Waals surface area (Å²) in [7, 11) is 1.56. The average Bonchev–Trinajstić information content (AvgIpc) is 3.03. The van der Waals surface area contributed by atoms with Gasteiger partial charge in [0.1, 0.15) is 11.4 Å². The number of anilines is 1. The number of fused-ring (bicyclic) bond motifs is 1. The van der Waals surface area contributed by atoms with Gasteiger partial charge in [0, 0.05) is 39.5 Å². The number of amides is 3. The van der Waals surface area contributed by atoms with Crippen LogP contribution in [0.5, 0.6) is 11.5 Å². The Morgan fingerprint density at radius 1 is 0.884 bits per heavy atom. The van der Waals surface area contributed by atoms with Crippen molar-refractivity contribution in [2.75, 3.05) is 19.0 Å². The highest BCUT2D eigenvalue weighted by Crippen LogP contribution is 2.41. The third-order valence-corrected chi connectivity index (χ3v) is 7.55.